The fourth-order valence-corrected chi connectivity index (χ4v) is 4.66. The topological polar surface area (TPSA) is 73.0 Å². The van der Waals surface area contributed by atoms with Crippen LogP contribution in [-0.2, 0) is 16.1 Å². The summed E-state index contributed by atoms with van der Waals surface area (Å²) in [4.78, 5) is 43.3. The Morgan fingerprint density at radius 3 is 2.72 bits per heavy atom. The highest BCUT2D eigenvalue weighted by Crippen LogP contribution is 2.25. The Bertz CT molecular complexity index is 803. The summed E-state index contributed by atoms with van der Waals surface area (Å²) < 4.78 is 0. The van der Waals surface area contributed by atoms with Gasteiger partial charge in [0.05, 0.1) is 0 Å². The number of hydrogen-bond donors (Lipinski definition) is 1. The van der Waals surface area contributed by atoms with Gasteiger partial charge < -0.3 is 20.0 Å². The Labute approximate surface area is 172 Å². The van der Waals surface area contributed by atoms with Crippen LogP contribution in [0.5, 0.6) is 0 Å². The number of hydrogen-bond acceptors (Lipinski definition) is 3. The van der Waals surface area contributed by atoms with Gasteiger partial charge in [-0.05, 0) is 50.7 Å². The highest BCUT2D eigenvalue weighted by molar-refractivity contribution is 5.92. The van der Waals surface area contributed by atoms with Gasteiger partial charge in [0, 0.05) is 44.8 Å². The molecular weight excluding hydrogens is 368 g/mol. The predicted molar refractivity (Wildman–Crippen MR) is 110 cm³/mol. The molecule has 4 amide bonds. The molecule has 7 nitrogen and oxygen atoms in total. The van der Waals surface area contributed by atoms with E-state index >= 15 is 0 Å². The van der Waals surface area contributed by atoms with E-state index in [1.165, 1.54) is 0 Å². The van der Waals surface area contributed by atoms with E-state index in [0.29, 0.717) is 32.5 Å². The van der Waals surface area contributed by atoms with Crippen molar-refractivity contribution in [3.8, 4) is 0 Å². The number of aryl methyl sites for hydroxylation is 1. The number of amides is 4. The first-order valence-corrected chi connectivity index (χ1v) is 10.8. The summed E-state index contributed by atoms with van der Waals surface area (Å²) in [5, 5.41) is 2.93. The molecule has 4 rings (SSSR count). The minimum absolute atomic E-state index is 0.0358. The number of anilines is 1. The molecule has 0 bridgehead atoms. The van der Waals surface area contributed by atoms with Crippen LogP contribution in [0.25, 0.3) is 0 Å². The van der Waals surface area contributed by atoms with Gasteiger partial charge in [-0.15, -0.1) is 0 Å². The summed E-state index contributed by atoms with van der Waals surface area (Å²) in [7, 11) is 0. The molecule has 3 aliphatic heterocycles. The number of carbonyl (C=O) groups excluding carboxylic acids is 3. The number of likely N-dealkylation sites (tertiary alicyclic amines) is 2. The lowest BCUT2D eigenvalue weighted by Crippen LogP contribution is -2.47. The monoisotopic (exact) mass is 398 g/mol. The van der Waals surface area contributed by atoms with E-state index in [1.54, 1.807) is 9.80 Å². The van der Waals surface area contributed by atoms with E-state index in [-0.39, 0.29) is 23.9 Å². The van der Waals surface area contributed by atoms with E-state index in [2.05, 4.69) is 11.4 Å². The molecular formula is C22H30N4O3. The second-order valence-corrected chi connectivity index (χ2v) is 8.39. The molecule has 7 heteroatoms. The van der Waals surface area contributed by atoms with Crippen LogP contribution in [0.4, 0.5) is 10.5 Å². The lowest BCUT2D eigenvalue weighted by atomic mass is 10.1. The highest BCUT2D eigenvalue weighted by Gasteiger charge is 2.36. The third-order valence-corrected chi connectivity index (χ3v) is 6.25. The van der Waals surface area contributed by atoms with Gasteiger partial charge in [0.1, 0.15) is 6.04 Å². The first kappa shape index (κ1) is 19.7. The molecule has 2 saturated heterocycles. The number of carbonyl (C=O) groups is 3. The van der Waals surface area contributed by atoms with Gasteiger partial charge in [-0.1, -0.05) is 17.7 Å². The van der Waals surface area contributed by atoms with E-state index in [1.807, 2.05) is 24.0 Å². The Hall–Kier alpha value is -2.57. The van der Waals surface area contributed by atoms with Crippen molar-refractivity contribution in [2.24, 2.45) is 0 Å². The molecule has 1 N–H and O–H groups in total. The molecule has 0 aliphatic carbocycles. The zero-order valence-corrected chi connectivity index (χ0v) is 17.2. The molecule has 0 spiro atoms. The molecule has 156 valence electrons. The number of nitrogens with one attached hydrogen (secondary N) is 1. The maximum absolute atomic E-state index is 12.8. The third kappa shape index (κ3) is 4.23. The molecule has 0 radical (unpaired) electrons. The third-order valence-electron chi connectivity index (χ3n) is 6.25. The van der Waals surface area contributed by atoms with Gasteiger partial charge in [-0.3, -0.25) is 9.59 Å². The van der Waals surface area contributed by atoms with Crippen molar-refractivity contribution in [2.45, 2.75) is 58.0 Å². The zero-order chi connectivity index (χ0) is 20.4. The molecule has 2 fully saturated rings. The van der Waals surface area contributed by atoms with Gasteiger partial charge in [-0.25, -0.2) is 4.79 Å². The average Bonchev–Trinajstić information content (AvgIpc) is 3.40. The standard InChI is InChI=1S/C22H30N4O3/c1-16-8-9-18-17(14-16)15-25(22(29)23-18)12-5-7-20(27)26-13-4-6-19(26)21(28)24-10-2-3-11-24/h8-9,14,19H,2-7,10-13,15H2,1H3,(H,23,29)/t19-/m0/s1. The summed E-state index contributed by atoms with van der Waals surface area (Å²) >= 11 is 0. The molecule has 1 aromatic carbocycles. The van der Waals surface area contributed by atoms with E-state index in [0.717, 1.165) is 55.6 Å². The molecule has 0 saturated carbocycles. The van der Waals surface area contributed by atoms with Crippen LogP contribution < -0.4 is 5.32 Å². The van der Waals surface area contributed by atoms with Gasteiger partial charge >= 0.3 is 6.03 Å². The van der Waals surface area contributed by atoms with Crippen LogP contribution in [0.2, 0.25) is 0 Å². The fourth-order valence-electron chi connectivity index (χ4n) is 4.66. The van der Waals surface area contributed by atoms with Gasteiger partial charge in [-0.2, -0.15) is 0 Å². The van der Waals surface area contributed by atoms with Crippen LogP contribution >= 0.6 is 0 Å². The van der Waals surface area contributed by atoms with Crippen molar-refractivity contribution in [3.05, 3.63) is 29.3 Å². The molecule has 1 atom stereocenters. The minimum atomic E-state index is -0.284. The van der Waals surface area contributed by atoms with Crippen molar-refractivity contribution in [1.29, 1.82) is 0 Å². The highest BCUT2D eigenvalue weighted by atomic mass is 16.2. The predicted octanol–water partition coefficient (Wildman–Crippen LogP) is 2.74. The molecule has 3 heterocycles. The summed E-state index contributed by atoms with van der Waals surface area (Å²) in [5.41, 5.74) is 3.14. The molecule has 1 aromatic rings. The van der Waals surface area contributed by atoms with Crippen molar-refractivity contribution < 1.29 is 14.4 Å². The Kier molecular flexibility index (Phi) is 5.74. The van der Waals surface area contributed by atoms with Crippen LogP contribution in [0.1, 0.15) is 49.7 Å². The van der Waals surface area contributed by atoms with E-state index in [4.69, 9.17) is 0 Å². The maximum atomic E-state index is 12.8. The lowest BCUT2D eigenvalue weighted by Gasteiger charge is -2.30. The van der Waals surface area contributed by atoms with Crippen LogP contribution in [0.15, 0.2) is 18.2 Å². The first-order chi connectivity index (χ1) is 14.0. The number of nitrogens with zero attached hydrogens (tertiary/aromatic N) is 3. The number of urea groups is 1. The van der Waals surface area contributed by atoms with Gasteiger partial charge in [0.25, 0.3) is 0 Å². The Morgan fingerprint density at radius 1 is 1.14 bits per heavy atom. The molecule has 0 aromatic heterocycles. The second kappa shape index (κ2) is 8.43. The summed E-state index contributed by atoms with van der Waals surface area (Å²) in [5.74, 6) is 0.157. The number of rotatable bonds is 5. The second-order valence-electron chi connectivity index (χ2n) is 8.39. The Balaban J connectivity index is 1.29. The normalized spacial score (nSPS) is 21.3. The van der Waals surface area contributed by atoms with E-state index in [9.17, 15) is 14.4 Å². The van der Waals surface area contributed by atoms with Crippen molar-refractivity contribution in [1.82, 2.24) is 14.7 Å². The van der Waals surface area contributed by atoms with Crippen LogP contribution in [-0.4, -0.2) is 64.8 Å². The summed E-state index contributed by atoms with van der Waals surface area (Å²) in [6, 6.07) is 5.62. The zero-order valence-electron chi connectivity index (χ0n) is 17.2. The maximum Gasteiger partial charge on any atom is 0.322 e. The first-order valence-electron chi connectivity index (χ1n) is 10.8. The molecule has 3 aliphatic rings. The number of fused-ring (bicyclic) bond motifs is 1. The van der Waals surface area contributed by atoms with Crippen molar-refractivity contribution >= 4 is 23.5 Å². The number of benzene rings is 1. The average molecular weight is 399 g/mol. The SMILES string of the molecule is Cc1ccc2c(c1)CN(CCCC(=O)N1CCC[C@H]1C(=O)N1CCCC1)C(=O)N2. The quantitative estimate of drug-likeness (QED) is 0.829. The lowest BCUT2D eigenvalue weighted by molar-refractivity contribution is -0.143. The molecule has 0 unspecified atom stereocenters. The van der Waals surface area contributed by atoms with Gasteiger partial charge in [0.2, 0.25) is 11.8 Å². The summed E-state index contributed by atoms with van der Waals surface area (Å²) in [6.07, 6.45) is 4.76. The van der Waals surface area contributed by atoms with Crippen LogP contribution in [0.3, 0.4) is 0 Å². The fraction of sp³-hybridized carbons (Fsp3) is 0.591. The van der Waals surface area contributed by atoms with Crippen molar-refractivity contribution in [2.75, 3.05) is 31.5 Å². The summed E-state index contributed by atoms with van der Waals surface area (Å²) in [6.45, 7) is 5.45. The minimum Gasteiger partial charge on any atom is -0.341 e. The smallest absolute Gasteiger partial charge is 0.322 e. The van der Waals surface area contributed by atoms with Crippen LogP contribution in [0, 0.1) is 6.92 Å². The van der Waals surface area contributed by atoms with E-state index < -0.39 is 0 Å². The van der Waals surface area contributed by atoms with Crippen molar-refractivity contribution in [3.63, 3.8) is 0 Å². The molecule has 29 heavy (non-hydrogen) atoms. The largest absolute Gasteiger partial charge is 0.341 e. The Morgan fingerprint density at radius 2 is 1.93 bits per heavy atom. The van der Waals surface area contributed by atoms with Gasteiger partial charge in [0.15, 0.2) is 0 Å².